The van der Waals surface area contributed by atoms with Crippen LogP contribution in [0.1, 0.15) is 6.42 Å². The third-order valence-electron chi connectivity index (χ3n) is 2.14. The van der Waals surface area contributed by atoms with Gasteiger partial charge >= 0.3 is 6.03 Å². The number of hydrogen-bond donors (Lipinski definition) is 1. The highest BCUT2D eigenvalue weighted by Crippen LogP contribution is 2.27. The maximum atomic E-state index is 11.6. The molecule has 1 aliphatic rings. The number of rotatable bonds is 3. The number of carbonyl (C=O) groups is 1. The standard InChI is InChI=1S/C11H14N2OS2/c1-12-11(14)13(2)9-6-4-3-5-7-10(9)16-8-15/h3,5-8H,4H2,1-2H3,(H,12,14). The van der Waals surface area contributed by atoms with E-state index >= 15 is 0 Å². The van der Waals surface area contributed by atoms with Gasteiger partial charge in [-0.3, -0.25) is 4.90 Å². The summed E-state index contributed by atoms with van der Waals surface area (Å²) >= 11 is 6.28. The molecule has 16 heavy (non-hydrogen) atoms. The first-order chi connectivity index (χ1) is 7.70. The molecule has 0 heterocycles. The number of carbonyl (C=O) groups excluding carboxylic acids is 1. The summed E-state index contributed by atoms with van der Waals surface area (Å²) in [5, 5.41) is 2.60. The smallest absolute Gasteiger partial charge is 0.321 e. The molecule has 0 saturated heterocycles. The Bertz CT molecular complexity index is 372. The van der Waals surface area contributed by atoms with E-state index in [4.69, 9.17) is 12.2 Å². The molecular formula is C11H14N2OS2. The molecule has 0 atom stereocenters. The number of thioether (sulfide) groups is 1. The lowest BCUT2D eigenvalue weighted by Gasteiger charge is -2.21. The molecule has 0 fully saturated rings. The lowest BCUT2D eigenvalue weighted by atomic mass is 10.3. The highest BCUT2D eigenvalue weighted by Gasteiger charge is 2.15. The Morgan fingerprint density at radius 2 is 2.44 bits per heavy atom. The number of thiocarbonyl (C=S) groups is 1. The van der Waals surface area contributed by atoms with Crippen molar-refractivity contribution in [1.82, 2.24) is 10.2 Å². The van der Waals surface area contributed by atoms with Crippen LogP contribution in [0.2, 0.25) is 0 Å². The van der Waals surface area contributed by atoms with Gasteiger partial charge in [-0.15, -0.1) is 0 Å². The monoisotopic (exact) mass is 254 g/mol. The lowest BCUT2D eigenvalue weighted by Crippen LogP contribution is -2.34. The van der Waals surface area contributed by atoms with Gasteiger partial charge < -0.3 is 5.32 Å². The van der Waals surface area contributed by atoms with Gasteiger partial charge in [-0.25, -0.2) is 4.79 Å². The predicted molar refractivity (Wildman–Crippen MR) is 73.4 cm³/mol. The summed E-state index contributed by atoms with van der Waals surface area (Å²) in [7, 11) is 3.36. The zero-order valence-corrected chi connectivity index (χ0v) is 10.9. The molecule has 0 aliphatic heterocycles. The molecular weight excluding hydrogens is 240 g/mol. The van der Waals surface area contributed by atoms with E-state index in [1.54, 1.807) is 23.7 Å². The molecule has 0 unspecified atom stereocenters. The summed E-state index contributed by atoms with van der Waals surface area (Å²) in [5.74, 6) is 0. The molecule has 1 rings (SSSR count). The number of amides is 2. The second-order valence-corrected chi connectivity index (χ2v) is 4.56. The van der Waals surface area contributed by atoms with Crippen molar-refractivity contribution in [2.24, 2.45) is 0 Å². The van der Waals surface area contributed by atoms with Crippen LogP contribution in [0.5, 0.6) is 0 Å². The summed E-state index contributed by atoms with van der Waals surface area (Å²) in [6.45, 7) is 0. The summed E-state index contributed by atoms with van der Waals surface area (Å²) < 4.78 is 1.59. The van der Waals surface area contributed by atoms with Crippen LogP contribution in [0.25, 0.3) is 0 Å². The lowest BCUT2D eigenvalue weighted by molar-refractivity contribution is 0.222. The van der Waals surface area contributed by atoms with Gasteiger partial charge in [0.2, 0.25) is 0 Å². The Morgan fingerprint density at radius 3 is 3.06 bits per heavy atom. The third kappa shape index (κ3) is 3.21. The minimum Gasteiger partial charge on any atom is -0.341 e. The SMILES string of the molecule is CNC(=O)N(C)C1=CCC=CC=C1SC=S. The quantitative estimate of drug-likeness (QED) is 0.786. The normalized spacial score (nSPS) is 14.6. The van der Waals surface area contributed by atoms with E-state index in [0.717, 1.165) is 17.0 Å². The van der Waals surface area contributed by atoms with Gasteiger partial charge in [-0.05, 0) is 12.5 Å². The fraction of sp³-hybridized carbons (Fsp3) is 0.273. The number of allylic oxidation sites excluding steroid dienone is 4. The van der Waals surface area contributed by atoms with Crippen molar-refractivity contribution in [3.8, 4) is 0 Å². The minimum atomic E-state index is -0.135. The number of likely N-dealkylation sites (N-methyl/N-ethyl adjacent to an activating group) is 1. The first-order valence-corrected chi connectivity index (χ1v) is 6.19. The predicted octanol–water partition coefficient (Wildman–Crippen LogP) is 2.68. The fourth-order valence-corrected chi connectivity index (χ4v) is 2.24. The Balaban J connectivity index is 2.95. The van der Waals surface area contributed by atoms with Gasteiger partial charge in [0.15, 0.2) is 0 Å². The molecule has 0 radical (unpaired) electrons. The van der Waals surface area contributed by atoms with Crippen molar-refractivity contribution < 1.29 is 4.79 Å². The van der Waals surface area contributed by atoms with Crippen LogP contribution in [-0.2, 0) is 0 Å². The molecule has 0 aromatic rings. The first kappa shape index (κ1) is 13.0. The van der Waals surface area contributed by atoms with Crippen LogP contribution in [0.15, 0.2) is 34.9 Å². The van der Waals surface area contributed by atoms with Crippen molar-refractivity contribution in [1.29, 1.82) is 0 Å². The Labute approximate surface area is 105 Å². The molecule has 3 nitrogen and oxygen atoms in total. The van der Waals surface area contributed by atoms with Crippen molar-refractivity contribution >= 4 is 34.7 Å². The van der Waals surface area contributed by atoms with Crippen LogP contribution >= 0.6 is 24.0 Å². The maximum absolute atomic E-state index is 11.6. The number of hydrogen-bond acceptors (Lipinski definition) is 3. The molecule has 1 aliphatic carbocycles. The summed E-state index contributed by atoms with van der Waals surface area (Å²) in [5.41, 5.74) is 0.885. The molecule has 0 bridgehead atoms. The second kappa shape index (κ2) is 6.50. The molecule has 86 valence electrons. The second-order valence-electron chi connectivity index (χ2n) is 3.11. The Kier molecular flexibility index (Phi) is 5.28. The van der Waals surface area contributed by atoms with Crippen LogP contribution in [-0.4, -0.2) is 29.7 Å². The highest BCUT2D eigenvalue weighted by molar-refractivity contribution is 8.23. The number of urea groups is 1. The van der Waals surface area contributed by atoms with Crippen molar-refractivity contribution in [3.05, 3.63) is 34.9 Å². The van der Waals surface area contributed by atoms with Gasteiger partial charge in [-0.2, -0.15) is 0 Å². The zero-order valence-electron chi connectivity index (χ0n) is 9.27. The average Bonchev–Trinajstić information content (AvgIpc) is 2.53. The Morgan fingerprint density at radius 1 is 1.69 bits per heavy atom. The molecule has 0 aromatic heterocycles. The largest absolute Gasteiger partial charge is 0.341 e. The fourth-order valence-electron chi connectivity index (χ4n) is 1.33. The van der Waals surface area contributed by atoms with E-state index in [0.29, 0.717) is 0 Å². The van der Waals surface area contributed by atoms with Gasteiger partial charge in [0.25, 0.3) is 0 Å². The minimum absolute atomic E-state index is 0.135. The van der Waals surface area contributed by atoms with Gasteiger partial charge in [0, 0.05) is 23.7 Å². The van der Waals surface area contributed by atoms with Crippen molar-refractivity contribution in [3.63, 3.8) is 0 Å². The van der Waals surface area contributed by atoms with Crippen LogP contribution < -0.4 is 5.32 Å². The molecule has 0 aromatic carbocycles. The zero-order chi connectivity index (χ0) is 12.0. The summed E-state index contributed by atoms with van der Waals surface area (Å²) in [6, 6.07) is -0.135. The molecule has 5 heteroatoms. The molecule has 2 amide bonds. The average molecular weight is 254 g/mol. The van der Waals surface area contributed by atoms with Gasteiger partial charge in [0.1, 0.15) is 0 Å². The molecule has 0 spiro atoms. The van der Waals surface area contributed by atoms with Gasteiger partial charge in [0.05, 0.1) is 5.70 Å². The van der Waals surface area contributed by atoms with Crippen LogP contribution in [0.3, 0.4) is 0 Å². The van der Waals surface area contributed by atoms with E-state index in [9.17, 15) is 4.79 Å². The molecule has 1 N–H and O–H groups in total. The van der Waals surface area contributed by atoms with E-state index < -0.39 is 0 Å². The number of nitrogens with one attached hydrogen (secondary N) is 1. The van der Waals surface area contributed by atoms with E-state index in [2.05, 4.69) is 5.32 Å². The van der Waals surface area contributed by atoms with E-state index in [1.165, 1.54) is 11.8 Å². The summed E-state index contributed by atoms with van der Waals surface area (Å²) in [4.78, 5) is 14.1. The topological polar surface area (TPSA) is 32.3 Å². The summed E-state index contributed by atoms with van der Waals surface area (Å²) in [6.07, 6.45) is 8.80. The Hall–Kier alpha value is -1.07. The maximum Gasteiger partial charge on any atom is 0.321 e. The number of nitrogens with zero attached hydrogens (tertiary/aromatic N) is 1. The van der Waals surface area contributed by atoms with Crippen LogP contribution in [0, 0.1) is 0 Å². The van der Waals surface area contributed by atoms with E-state index in [-0.39, 0.29) is 6.03 Å². The van der Waals surface area contributed by atoms with Crippen molar-refractivity contribution in [2.75, 3.05) is 14.1 Å². The first-order valence-electron chi connectivity index (χ1n) is 4.83. The van der Waals surface area contributed by atoms with Crippen LogP contribution in [0.4, 0.5) is 4.79 Å². The van der Waals surface area contributed by atoms with Gasteiger partial charge in [-0.1, -0.05) is 42.2 Å². The van der Waals surface area contributed by atoms with E-state index in [1.807, 2.05) is 24.3 Å². The van der Waals surface area contributed by atoms with Crippen molar-refractivity contribution in [2.45, 2.75) is 6.42 Å². The third-order valence-corrected chi connectivity index (χ3v) is 3.12. The molecule has 0 saturated carbocycles. The highest BCUT2D eigenvalue weighted by atomic mass is 32.2.